The Hall–Kier alpha value is -0.0800. The standard InChI is InChI=1S/C9H22N2/c1-7(2)11(5)9(4)8(3)6-10/h7-9H,6,10H2,1-5H3. The molecular weight excluding hydrogens is 136 g/mol. The third-order valence-corrected chi connectivity index (χ3v) is 2.65. The molecule has 0 bridgehead atoms. The van der Waals surface area contributed by atoms with Crippen LogP contribution in [0.15, 0.2) is 0 Å². The Morgan fingerprint density at radius 1 is 1.18 bits per heavy atom. The summed E-state index contributed by atoms with van der Waals surface area (Å²) in [6.07, 6.45) is 0. The molecule has 0 aromatic heterocycles. The predicted molar refractivity (Wildman–Crippen MR) is 50.6 cm³/mol. The van der Waals surface area contributed by atoms with E-state index in [1.54, 1.807) is 0 Å². The minimum atomic E-state index is 0.583. The van der Waals surface area contributed by atoms with Crippen molar-refractivity contribution >= 4 is 0 Å². The van der Waals surface area contributed by atoms with Crippen molar-refractivity contribution in [2.24, 2.45) is 11.7 Å². The molecule has 0 aliphatic rings. The van der Waals surface area contributed by atoms with Gasteiger partial charge in [0.2, 0.25) is 0 Å². The Kier molecular flexibility index (Phi) is 4.69. The third kappa shape index (κ3) is 3.21. The Labute approximate surface area is 70.8 Å². The van der Waals surface area contributed by atoms with Gasteiger partial charge in [0.05, 0.1) is 0 Å². The fourth-order valence-corrected chi connectivity index (χ4v) is 1.07. The van der Waals surface area contributed by atoms with Crippen molar-refractivity contribution in [2.75, 3.05) is 13.6 Å². The SMILES string of the molecule is CC(CN)C(C)N(C)C(C)C. The molecule has 0 heterocycles. The molecule has 11 heavy (non-hydrogen) atoms. The maximum atomic E-state index is 5.58. The van der Waals surface area contributed by atoms with E-state index in [-0.39, 0.29) is 0 Å². The Bertz CT molecular complexity index is 102. The van der Waals surface area contributed by atoms with Crippen LogP contribution < -0.4 is 5.73 Å². The summed E-state index contributed by atoms with van der Waals surface area (Å²) < 4.78 is 0. The van der Waals surface area contributed by atoms with Crippen molar-refractivity contribution in [3.63, 3.8) is 0 Å². The van der Waals surface area contributed by atoms with Crippen LogP contribution in [0.1, 0.15) is 27.7 Å². The molecule has 0 aromatic rings. The Balaban J connectivity index is 3.90. The summed E-state index contributed by atoms with van der Waals surface area (Å²) in [6.45, 7) is 9.62. The first-order valence-electron chi connectivity index (χ1n) is 4.42. The second kappa shape index (κ2) is 4.73. The van der Waals surface area contributed by atoms with Gasteiger partial charge in [-0.25, -0.2) is 0 Å². The Morgan fingerprint density at radius 3 is 1.91 bits per heavy atom. The summed E-state index contributed by atoms with van der Waals surface area (Å²) >= 11 is 0. The molecular formula is C9H22N2. The smallest absolute Gasteiger partial charge is 0.0104 e. The monoisotopic (exact) mass is 158 g/mol. The fourth-order valence-electron chi connectivity index (χ4n) is 1.07. The van der Waals surface area contributed by atoms with E-state index < -0.39 is 0 Å². The van der Waals surface area contributed by atoms with Gasteiger partial charge in [0, 0.05) is 12.1 Å². The molecule has 2 atom stereocenters. The van der Waals surface area contributed by atoms with E-state index in [1.165, 1.54) is 0 Å². The molecule has 0 saturated heterocycles. The van der Waals surface area contributed by atoms with E-state index in [1.807, 2.05) is 0 Å². The van der Waals surface area contributed by atoms with Crippen molar-refractivity contribution in [3.05, 3.63) is 0 Å². The second-order valence-corrected chi connectivity index (χ2v) is 3.71. The van der Waals surface area contributed by atoms with Gasteiger partial charge in [-0.1, -0.05) is 6.92 Å². The summed E-state index contributed by atoms with van der Waals surface area (Å²) in [6, 6.07) is 1.19. The van der Waals surface area contributed by atoms with Crippen LogP contribution in [0, 0.1) is 5.92 Å². The van der Waals surface area contributed by atoms with Crippen LogP contribution in [0.2, 0.25) is 0 Å². The van der Waals surface area contributed by atoms with Gasteiger partial charge >= 0.3 is 0 Å². The molecule has 2 heteroatoms. The fraction of sp³-hybridized carbons (Fsp3) is 1.00. The summed E-state index contributed by atoms with van der Waals surface area (Å²) in [7, 11) is 2.15. The van der Waals surface area contributed by atoms with Gasteiger partial charge in [-0.15, -0.1) is 0 Å². The molecule has 0 radical (unpaired) electrons. The third-order valence-electron chi connectivity index (χ3n) is 2.65. The average Bonchev–Trinajstić information content (AvgIpc) is 2.00. The number of hydrogen-bond donors (Lipinski definition) is 1. The van der Waals surface area contributed by atoms with Crippen molar-refractivity contribution in [3.8, 4) is 0 Å². The highest BCUT2D eigenvalue weighted by atomic mass is 15.1. The van der Waals surface area contributed by atoms with Crippen LogP contribution in [0.5, 0.6) is 0 Å². The van der Waals surface area contributed by atoms with Crippen molar-refractivity contribution in [1.82, 2.24) is 4.90 Å². The lowest BCUT2D eigenvalue weighted by Gasteiger charge is -2.32. The zero-order chi connectivity index (χ0) is 9.02. The van der Waals surface area contributed by atoms with E-state index in [2.05, 4.69) is 39.6 Å². The van der Waals surface area contributed by atoms with Crippen LogP contribution in [-0.2, 0) is 0 Å². The van der Waals surface area contributed by atoms with Gasteiger partial charge in [-0.05, 0) is 40.3 Å². The molecule has 2 nitrogen and oxygen atoms in total. The topological polar surface area (TPSA) is 29.3 Å². The molecule has 0 aromatic carbocycles. The van der Waals surface area contributed by atoms with E-state index in [4.69, 9.17) is 5.73 Å². The largest absolute Gasteiger partial charge is 0.330 e. The molecule has 0 spiro atoms. The van der Waals surface area contributed by atoms with Crippen LogP contribution in [-0.4, -0.2) is 30.6 Å². The van der Waals surface area contributed by atoms with E-state index in [9.17, 15) is 0 Å². The zero-order valence-corrected chi connectivity index (χ0v) is 8.46. The van der Waals surface area contributed by atoms with Crippen LogP contribution in [0.25, 0.3) is 0 Å². The zero-order valence-electron chi connectivity index (χ0n) is 8.46. The first kappa shape index (κ1) is 10.9. The van der Waals surface area contributed by atoms with E-state index >= 15 is 0 Å². The normalized spacial score (nSPS) is 17.5. The molecule has 2 N–H and O–H groups in total. The lowest BCUT2D eigenvalue weighted by Crippen LogP contribution is -2.41. The van der Waals surface area contributed by atoms with Crippen molar-refractivity contribution < 1.29 is 0 Å². The van der Waals surface area contributed by atoms with Gasteiger partial charge in [-0.3, -0.25) is 0 Å². The number of nitrogens with two attached hydrogens (primary N) is 1. The van der Waals surface area contributed by atoms with Crippen molar-refractivity contribution in [1.29, 1.82) is 0 Å². The van der Waals surface area contributed by atoms with Gasteiger partial charge in [0.1, 0.15) is 0 Å². The average molecular weight is 158 g/mol. The minimum absolute atomic E-state index is 0.583. The molecule has 0 aliphatic carbocycles. The number of rotatable bonds is 4. The van der Waals surface area contributed by atoms with Crippen LogP contribution in [0.3, 0.4) is 0 Å². The van der Waals surface area contributed by atoms with E-state index in [0.717, 1.165) is 6.54 Å². The molecule has 0 rings (SSSR count). The number of hydrogen-bond acceptors (Lipinski definition) is 2. The van der Waals surface area contributed by atoms with Gasteiger partial charge < -0.3 is 10.6 Å². The summed E-state index contributed by atoms with van der Waals surface area (Å²) in [4.78, 5) is 2.36. The van der Waals surface area contributed by atoms with Crippen molar-refractivity contribution in [2.45, 2.75) is 39.8 Å². The van der Waals surface area contributed by atoms with Gasteiger partial charge in [-0.2, -0.15) is 0 Å². The molecule has 0 saturated carbocycles. The van der Waals surface area contributed by atoms with Crippen LogP contribution >= 0.6 is 0 Å². The highest BCUT2D eigenvalue weighted by Crippen LogP contribution is 2.10. The van der Waals surface area contributed by atoms with E-state index in [0.29, 0.717) is 18.0 Å². The quantitative estimate of drug-likeness (QED) is 0.668. The first-order chi connectivity index (χ1) is 5.00. The predicted octanol–water partition coefficient (Wildman–Crippen LogP) is 1.31. The lowest BCUT2D eigenvalue weighted by atomic mass is 10.0. The Morgan fingerprint density at radius 2 is 1.64 bits per heavy atom. The molecule has 2 unspecified atom stereocenters. The molecule has 68 valence electrons. The molecule has 0 fully saturated rings. The maximum Gasteiger partial charge on any atom is 0.0104 e. The summed E-state index contributed by atoms with van der Waals surface area (Å²) in [5.74, 6) is 0.586. The summed E-state index contributed by atoms with van der Waals surface area (Å²) in [5, 5.41) is 0. The van der Waals surface area contributed by atoms with Gasteiger partial charge in [0.15, 0.2) is 0 Å². The van der Waals surface area contributed by atoms with Crippen LogP contribution in [0.4, 0.5) is 0 Å². The first-order valence-corrected chi connectivity index (χ1v) is 4.42. The second-order valence-electron chi connectivity index (χ2n) is 3.71. The maximum absolute atomic E-state index is 5.58. The highest BCUT2D eigenvalue weighted by molar-refractivity contribution is 4.72. The lowest BCUT2D eigenvalue weighted by molar-refractivity contribution is 0.163. The minimum Gasteiger partial charge on any atom is -0.330 e. The highest BCUT2D eigenvalue weighted by Gasteiger charge is 2.17. The number of nitrogens with zero attached hydrogens (tertiary/aromatic N) is 1. The molecule has 0 amide bonds. The van der Waals surface area contributed by atoms with Gasteiger partial charge in [0.25, 0.3) is 0 Å². The summed E-state index contributed by atoms with van der Waals surface area (Å²) in [5.41, 5.74) is 5.58. The molecule has 0 aliphatic heterocycles.